The van der Waals surface area contributed by atoms with E-state index in [-0.39, 0.29) is 23.3 Å². The number of aryl methyl sites for hydroxylation is 1. The third-order valence-corrected chi connectivity index (χ3v) is 3.85. The molecule has 25 heavy (non-hydrogen) atoms. The SMILES string of the molecule is Cc1nn(C(C)(C)C)cc1Nc1ncc(C(F)(F)F)c(NC2CC2)n1. The molecule has 9 heteroatoms. The Labute approximate surface area is 143 Å². The molecule has 1 fully saturated rings. The van der Waals surface area contributed by atoms with Crippen molar-refractivity contribution < 1.29 is 13.2 Å². The van der Waals surface area contributed by atoms with E-state index in [1.807, 2.05) is 27.7 Å². The molecule has 2 aromatic rings. The Balaban J connectivity index is 1.89. The van der Waals surface area contributed by atoms with Crippen LogP contribution in [0, 0.1) is 6.92 Å². The van der Waals surface area contributed by atoms with Gasteiger partial charge in [0.25, 0.3) is 0 Å². The van der Waals surface area contributed by atoms with Crippen LogP contribution in [0.2, 0.25) is 0 Å². The zero-order chi connectivity index (χ0) is 18.4. The smallest absolute Gasteiger partial charge is 0.367 e. The average molecular weight is 354 g/mol. The fraction of sp³-hybridized carbons (Fsp3) is 0.562. The van der Waals surface area contributed by atoms with Crippen LogP contribution in [0.3, 0.4) is 0 Å². The van der Waals surface area contributed by atoms with Crippen LogP contribution in [0.25, 0.3) is 0 Å². The van der Waals surface area contributed by atoms with Gasteiger partial charge in [0.1, 0.15) is 11.4 Å². The van der Waals surface area contributed by atoms with Crippen LogP contribution in [0.15, 0.2) is 12.4 Å². The van der Waals surface area contributed by atoms with Gasteiger partial charge >= 0.3 is 6.18 Å². The molecule has 6 nitrogen and oxygen atoms in total. The summed E-state index contributed by atoms with van der Waals surface area (Å²) in [4.78, 5) is 7.86. The summed E-state index contributed by atoms with van der Waals surface area (Å²) in [5.74, 6) is -0.0823. The average Bonchev–Trinajstić information content (AvgIpc) is 3.20. The van der Waals surface area contributed by atoms with Crippen molar-refractivity contribution in [2.75, 3.05) is 10.6 Å². The highest BCUT2D eigenvalue weighted by Gasteiger charge is 2.37. The molecule has 0 saturated heterocycles. The van der Waals surface area contributed by atoms with Crippen molar-refractivity contribution >= 4 is 17.5 Å². The minimum Gasteiger partial charge on any atom is -0.367 e. The van der Waals surface area contributed by atoms with Gasteiger partial charge in [-0.1, -0.05) is 0 Å². The first-order valence-electron chi connectivity index (χ1n) is 8.08. The molecule has 0 amide bonds. The molecular formula is C16H21F3N6. The lowest BCUT2D eigenvalue weighted by Gasteiger charge is -2.18. The van der Waals surface area contributed by atoms with Gasteiger partial charge in [-0.25, -0.2) is 4.98 Å². The van der Waals surface area contributed by atoms with E-state index in [0.717, 1.165) is 24.7 Å². The van der Waals surface area contributed by atoms with Crippen LogP contribution >= 0.6 is 0 Å². The molecule has 0 bridgehead atoms. The van der Waals surface area contributed by atoms with Crippen molar-refractivity contribution in [3.05, 3.63) is 23.7 Å². The Hall–Kier alpha value is -2.32. The second-order valence-corrected chi connectivity index (χ2v) is 7.24. The monoisotopic (exact) mass is 354 g/mol. The van der Waals surface area contributed by atoms with Crippen LogP contribution in [0.5, 0.6) is 0 Å². The summed E-state index contributed by atoms with van der Waals surface area (Å²) in [6.45, 7) is 7.85. The number of anilines is 3. The Morgan fingerprint density at radius 2 is 1.88 bits per heavy atom. The summed E-state index contributed by atoms with van der Waals surface area (Å²) in [6.07, 6.45) is -0.195. The van der Waals surface area contributed by atoms with Gasteiger partial charge in [-0.3, -0.25) is 4.68 Å². The van der Waals surface area contributed by atoms with E-state index in [1.54, 1.807) is 10.9 Å². The van der Waals surface area contributed by atoms with Crippen LogP contribution < -0.4 is 10.6 Å². The first-order valence-corrected chi connectivity index (χ1v) is 8.08. The van der Waals surface area contributed by atoms with Crippen molar-refractivity contribution in [2.45, 2.75) is 58.3 Å². The highest BCUT2D eigenvalue weighted by molar-refractivity contribution is 5.58. The largest absolute Gasteiger partial charge is 0.421 e. The molecule has 0 unspecified atom stereocenters. The number of nitrogens with one attached hydrogen (secondary N) is 2. The minimum absolute atomic E-state index is 0.0502. The summed E-state index contributed by atoms with van der Waals surface area (Å²) >= 11 is 0. The van der Waals surface area contributed by atoms with E-state index in [1.165, 1.54) is 0 Å². The van der Waals surface area contributed by atoms with Crippen molar-refractivity contribution in [3.8, 4) is 0 Å². The molecular weight excluding hydrogens is 333 g/mol. The molecule has 1 aliphatic rings. The van der Waals surface area contributed by atoms with E-state index < -0.39 is 11.7 Å². The quantitative estimate of drug-likeness (QED) is 0.866. The first kappa shape index (κ1) is 17.5. The van der Waals surface area contributed by atoms with Crippen molar-refractivity contribution in [1.82, 2.24) is 19.7 Å². The number of halogens is 3. The van der Waals surface area contributed by atoms with Crippen molar-refractivity contribution in [3.63, 3.8) is 0 Å². The second-order valence-electron chi connectivity index (χ2n) is 7.24. The minimum atomic E-state index is -4.50. The van der Waals surface area contributed by atoms with Crippen molar-refractivity contribution in [2.24, 2.45) is 0 Å². The molecule has 2 aromatic heterocycles. The zero-order valence-corrected chi connectivity index (χ0v) is 14.6. The van der Waals surface area contributed by atoms with Gasteiger partial charge in [0, 0.05) is 18.4 Å². The number of rotatable bonds is 4. The zero-order valence-electron chi connectivity index (χ0n) is 14.6. The highest BCUT2D eigenvalue weighted by Crippen LogP contribution is 2.36. The fourth-order valence-electron chi connectivity index (χ4n) is 2.23. The molecule has 136 valence electrons. The van der Waals surface area contributed by atoms with Gasteiger partial charge in [0.05, 0.1) is 16.9 Å². The molecule has 0 atom stereocenters. The second kappa shape index (κ2) is 5.89. The number of aromatic nitrogens is 4. The van der Waals surface area contributed by atoms with E-state index in [2.05, 4.69) is 25.7 Å². The predicted molar refractivity (Wildman–Crippen MR) is 88.9 cm³/mol. The van der Waals surface area contributed by atoms with E-state index >= 15 is 0 Å². The lowest BCUT2D eigenvalue weighted by atomic mass is 10.1. The number of hydrogen-bond donors (Lipinski definition) is 2. The first-order chi connectivity index (χ1) is 11.5. The van der Waals surface area contributed by atoms with E-state index in [4.69, 9.17) is 0 Å². The topological polar surface area (TPSA) is 67.7 Å². The maximum absolute atomic E-state index is 13.1. The summed E-state index contributed by atoms with van der Waals surface area (Å²) < 4.78 is 41.2. The molecule has 0 spiro atoms. The highest BCUT2D eigenvalue weighted by atomic mass is 19.4. The molecule has 0 aliphatic heterocycles. The van der Waals surface area contributed by atoms with Gasteiger partial charge in [0.15, 0.2) is 0 Å². The van der Waals surface area contributed by atoms with Gasteiger partial charge in [0.2, 0.25) is 5.95 Å². The summed E-state index contributed by atoms with van der Waals surface area (Å²) in [5, 5.41) is 10.2. The van der Waals surface area contributed by atoms with Gasteiger partial charge in [-0.05, 0) is 40.5 Å². The van der Waals surface area contributed by atoms with E-state index in [0.29, 0.717) is 5.69 Å². The Morgan fingerprint density at radius 1 is 1.20 bits per heavy atom. The Kier molecular flexibility index (Phi) is 4.12. The number of alkyl halides is 3. The molecule has 2 heterocycles. The van der Waals surface area contributed by atoms with Crippen LogP contribution in [-0.4, -0.2) is 25.8 Å². The van der Waals surface area contributed by atoms with Crippen LogP contribution in [0.4, 0.5) is 30.6 Å². The normalized spacial score (nSPS) is 15.3. The third kappa shape index (κ3) is 4.02. The summed E-state index contributed by atoms with van der Waals surface area (Å²) in [7, 11) is 0. The molecule has 1 aliphatic carbocycles. The summed E-state index contributed by atoms with van der Waals surface area (Å²) in [6, 6.07) is 0.0502. The molecule has 1 saturated carbocycles. The van der Waals surface area contributed by atoms with E-state index in [9.17, 15) is 13.2 Å². The Morgan fingerprint density at radius 3 is 2.40 bits per heavy atom. The van der Waals surface area contributed by atoms with Crippen molar-refractivity contribution in [1.29, 1.82) is 0 Å². The fourth-order valence-corrected chi connectivity index (χ4v) is 2.23. The number of nitrogens with zero attached hydrogens (tertiary/aromatic N) is 4. The maximum Gasteiger partial charge on any atom is 0.421 e. The van der Waals surface area contributed by atoms with Crippen LogP contribution in [0.1, 0.15) is 44.9 Å². The number of hydrogen-bond acceptors (Lipinski definition) is 5. The molecule has 0 radical (unpaired) electrons. The lowest BCUT2D eigenvalue weighted by molar-refractivity contribution is -0.137. The molecule has 0 aromatic carbocycles. The van der Waals surface area contributed by atoms with Gasteiger partial charge in [-0.2, -0.15) is 23.3 Å². The molecule has 3 rings (SSSR count). The predicted octanol–water partition coefficient (Wildman–Crippen LogP) is 4.07. The van der Waals surface area contributed by atoms with Gasteiger partial charge < -0.3 is 10.6 Å². The van der Waals surface area contributed by atoms with Crippen LogP contribution in [-0.2, 0) is 11.7 Å². The molecule has 2 N–H and O–H groups in total. The summed E-state index contributed by atoms with van der Waals surface area (Å²) in [5.41, 5.74) is 0.318. The standard InChI is InChI=1S/C16H21F3N6/c1-9-12(8-25(24-9)15(2,3)4)22-14-20-7-11(16(17,18)19)13(23-14)21-10-5-6-10/h7-8,10H,5-6H2,1-4H3,(H2,20,21,22,23). The maximum atomic E-state index is 13.1. The lowest BCUT2D eigenvalue weighted by Crippen LogP contribution is -2.22. The third-order valence-electron chi connectivity index (χ3n) is 3.85. The van der Waals surface area contributed by atoms with Gasteiger partial charge in [-0.15, -0.1) is 0 Å². The Bertz CT molecular complexity index is 771.